The van der Waals surface area contributed by atoms with Gasteiger partial charge in [0.2, 0.25) is 5.28 Å². The lowest BCUT2D eigenvalue weighted by Crippen LogP contribution is -2.17. The molecule has 0 aliphatic carbocycles. The number of carbonyl (C=O) groups is 2. The molecule has 0 aromatic carbocycles. The minimum absolute atomic E-state index is 0.0339. The first kappa shape index (κ1) is 10.1. The molecule has 0 unspecified atom stereocenters. The maximum Gasteiger partial charge on any atom is 0.290 e. The van der Waals surface area contributed by atoms with E-state index in [0.717, 1.165) is 11.8 Å². The van der Waals surface area contributed by atoms with Crippen molar-refractivity contribution < 1.29 is 9.59 Å². The van der Waals surface area contributed by atoms with Crippen LogP contribution in [-0.2, 0) is 4.79 Å². The zero-order valence-corrected chi connectivity index (χ0v) is 8.67. The number of thioether (sulfide) groups is 1. The lowest BCUT2D eigenvalue weighted by molar-refractivity contribution is -0.115. The minimum atomic E-state index is -0.457. The molecular weight excluding hydrogens is 240 g/mol. The molecule has 6 nitrogen and oxygen atoms in total. The van der Waals surface area contributed by atoms with Crippen molar-refractivity contribution >= 4 is 40.6 Å². The second-order valence-electron chi connectivity index (χ2n) is 2.46. The lowest BCUT2D eigenvalue weighted by atomic mass is 10.4. The fourth-order valence-electron chi connectivity index (χ4n) is 0.896. The summed E-state index contributed by atoms with van der Waals surface area (Å²) in [7, 11) is 0. The zero-order chi connectivity index (χ0) is 10.8. The van der Waals surface area contributed by atoms with Gasteiger partial charge in [0.05, 0.1) is 4.91 Å². The Morgan fingerprint density at radius 2 is 2.20 bits per heavy atom. The van der Waals surface area contributed by atoms with Crippen LogP contribution >= 0.6 is 23.4 Å². The zero-order valence-electron chi connectivity index (χ0n) is 7.10. The highest BCUT2D eigenvalue weighted by atomic mass is 35.5. The second kappa shape index (κ2) is 3.95. The van der Waals surface area contributed by atoms with E-state index in [1.54, 1.807) is 0 Å². The summed E-state index contributed by atoms with van der Waals surface area (Å²) < 4.78 is 0. The number of nitrogens with zero attached hydrogens (tertiary/aromatic N) is 3. The number of aromatic nitrogens is 3. The van der Waals surface area contributed by atoms with E-state index in [1.807, 2.05) is 0 Å². The summed E-state index contributed by atoms with van der Waals surface area (Å²) in [5.41, 5.74) is 0. The van der Waals surface area contributed by atoms with Crippen molar-refractivity contribution in [2.24, 2.45) is 0 Å². The number of carbonyl (C=O) groups excluding carboxylic acids is 2. The summed E-state index contributed by atoms with van der Waals surface area (Å²) in [6, 6.07) is 0. The van der Waals surface area contributed by atoms with E-state index in [4.69, 9.17) is 11.6 Å². The quantitative estimate of drug-likeness (QED) is 0.735. The molecule has 1 aliphatic heterocycles. The van der Waals surface area contributed by atoms with E-state index in [9.17, 15) is 9.59 Å². The lowest BCUT2D eigenvalue weighted by Gasteiger charge is -1.92. The fourth-order valence-corrected chi connectivity index (χ4v) is 1.68. The van der Waals surface area contributed by atoms with E-state index in [-0.39, 0.29) is 16.0 Å². The fraction of sp³-hybridized carbons (Fsp3) is 0. The molecule has 0 atom stereocenters. The van der Waals surface area contributed by atoms with Crippen molar-refractivity contribution in [1.29, 1.82) is 0 Å². The Bertz CT molecular complexity index is 476. The normalized spacial score (nSPS) is 18.3. The maximum atomic E-state index is 11.1. The highest BCUT2D eigenvalue weighted by molar-refractivity contribution is 8.18. The van der Waals surface area contributed by atoms with E-state index in [0.29, 0.717) is 0 Å². The van der Waals surface area contributed by atoms with E-state index >= 15 is 0 Å². The van der Waals surface area contributed by atoms with Crippen LogP contribution in [0.15, 0.2) is 11.2 Å². The van der Waals surface area contributed by atoms with Gasteiger partial charge in [-0.25, -0.2) is 9.97 Å². The Hall–Kier alpha value is -1.47. The summed E-state index contributed by atoms with van der Waals surface area (Å²) in [6.07, 6.45) is 2.60. The van der Waals surface area contributed by atoms with Gasteiger partial charge in [-0.1, -0.05) is 0 Å². The van der Waals surface area contributed by atoms with Gasteiger partial charge in [0.15, 0.2) is 5.82 Å². The van der Waals surface area contributed by atoms with Gasteiger partial charge >= 0.3 is 0 Å². The SMILES string of the molecule is O=C1NC(=O)/C(=C\c2ncnc(Cl)n2)S1. The molecule has 1 N–H and O–H groups in total. The molecule has 2 heterocycles. The van der Waals surface area contributed by atoms with Gasteiger partial charge in [-0.3, -0.25) is 14.9 Å². The number of rotatable bonds is 1. The molecule has 1 aliphatic rings. The van der Waals surface area contributed by atoms with Crippen LogP contribution in [0.3, 0.4) is 0 Å². The number of halogens is 1. The second-order valence-corrected chi connectivity index (χ2v) is 3.82. The minimum Gasteiger partial charge on any atom is -0.282 e. The Labute approximate surface area is 93.2 Å². The van der Waals surface area contributed by atoms with Crippen molar-refractivity contribution in [2.75, 3.05) is 0 Å². The predicted molar refractivity (Wildman–Crippen MR) is 53.9 cm³/mol. The van der Waals surface area contributed by atoms with Gasteiger partial charge in [0.1, 0.15) is 6.33 Å². The number of imide groups is 1. The van der Waals surface area contributed by atoms with Crippen LogP contribution in [0.4, 0.5) is 4.79 Å². The van der Waals surface area contributed by atoms with E-state index in [1.165, 1.54) is 12.4 Å². The molecule has 1 fully saturated rings. The van der Waals surface area contributed by atoms with Crippen molar-refractivity contribution in [1.82, 2.24) is 20.3 Å². The van der Waals surface area contributed by atoms with Gasteiger partial charge in [0, 0.05) is 6.08 Å². The molecule has 0 spiro atoms. The van der Waals surface area contributed by atoms with Crippen molar-refractivity contribution in [3.63, 3.8) is 0 Å². The topological polar surface area (TPSA) is 84.8 Å². The Balaban J connectivity index is 2.31. The number of hydrogen-bond donors (Lipinski definition) is 1. The number of hydrogen-bond acceptors (Lipinski definition) is 6. The van der Waals surface area contributed by atoms with Gasteiger partial charge in [-0.15, -0.1) is 0 Å². The molecule has 2 rings (SSSR count). The van der Waals surface area contributed by atoms with Gasteiger partial charge < -0.3 is 0 Å². The Morgan fingerprint density at radius 3 is 2.80 bits per heavy atom. The summed E-state index contributed by atoms with van der Waals surface area (Å²) in [6.45, 7) is 0. The van der Waals surface area contributed by atoms with E-state index < -0.39 is 11.1 Å². The van der Waals surface area contributed by atoms with Crippen molar-refractivity contribution in [3.05, 3.63) is 22.3 Å². The van der Waals surface area contributed by atoms with Crippen LogP contribution < -0.4 is 5.32 Å². The van der Waals surface area contributed by atoms with Crippen LogP contribution in [0.25, 0.3) is 6.08 Å². The summed E-state index contributed by atoms with van der Waals surface area (Å²) >= 11 is 6.32. The molecule has 0 bridgehead atoms. The highest BCUT2D eigenvalue weighted by Gasteiger charge is 2.25. The summed E-state index contributed by atoms with van der Waals surface area (Å²) in [5.74, 6) is -0.219. The standard InChI is InChI=1S/C7H3ClN4O2S/c8-6-10-2-9-4(11-6)1-3-5(13)12-7(14)15-3/h1-2H,(H,12,13,14)/b3-1+. The Morgan fingerprint density at radius 1 is 1.40 bits per heavy atom. The molecular formula is C7H3ClN4O2S. The molecule has 76 valence electrons. The average molecular weight is 243 g/mol. The summed E-state index contributed by atoms with van der Waals surface area (Å²) in [4.78, 5) is 33.3. The molecule has 1 aromatic heterocycles. The van der Waals surface area contributed by atoms with Crippen LogP contribution in [0.5, 0.6) is 0 Å². The van der Waals surface area contributed by atoms with Crippen LogP contribution in [0.2, 0.25) is 5.28 Å². The molecule has 1 saturated heterocycles. The van der Waals surface area contributed by atoms with Crippen molar-refractivity contribution in [2.45, 2.75) is 0 Å². The molecule has 1 aromatic rings. The van der Waals surface area contributed by atoms with Gasteiger partial charge in [-0.2, -0.15) is 4.98 Å². The number of amides is 2. The van der Waals surface area contributed by atoms with Gasteiger partial charge in [-0.05, 0) is 23.4 Å². The molecule has 8 heteroatoms. The molecule has 0 saturated carbocycles. The first-order valence-corrected chi connectivity index (χ1v) is 4.94. The van der Waals surface area contributed by atoms with E-state index in [2.05, 4.69) is 20.3 Å². The average Bonchev–Trinajstić information content (AvgIpc) is 2.45. The van der Waals surface area contributed by atoms with Crippen LogP contribution in [0, 0.1) is 0 Å². The molecule has 15 heavy (non-hydrogen) atoms. The third-order valence-corrected chi connectivity index (χ3v) is 2.46. The smallest absolute Gasteiger partial charge is 0.282 e. The monoisotopic (exact) mass is 242 g/mol. The maximum absolute atomic E-state index is 11.1. The number of nitrogens with one attached hydrogen (secondary N) is 1. The molecule has 0 radical (unpaired) electrons. The highest BCUT2D eigenvalue weighted by Crippen LogP contribution is 2.24. The first-order chi connectivity index (χ1) is 7.15. The molecule has 2 amide bonds. The van der Waals surface area contributed by atoms with Crippen LogP contribution in [-0.4, -0.2) is 26.1 Å². The predicted octanol–water partition coefficient (Wildman–Crippen LogP) is 0.849. The Kier molecular flexibility index (Phi) is 2.65. The largest absolute Gasteiger partial charge is 0.290 e. The third kappa shape index (κ3) is 2.31. The van der Waals surface area contributed by atoms with Gasteiger partial charge in [0.25, 0.3) is 11.1 Å². The summed E-state index contributed by atoms with van der Waals surface area (Å²) in [5, 5.41) is 1.74. The first-order valence-electron chi connectivity index (χ1n) is 3.74. The van der Waals surface area contributed by atoms with Crippen LogP contribution in [0.1, 0.15) is 5.82 Å². The third-order valence-electron chi connectivity index (χ3n) is 1.46. The van der Waals surface area contributed by atoms with Crippen molar-refractivity contribution in [3.8, 4) is 0 Å².